The number of rotatable bonds is 4. The summed E-state index contributed by atoms with van der Waals surface area (Å²) in [7, 11) is 3.64. The maximum absolute atomic E-state index is 5.49. The second-order valence-electron chi connectivity index (χ2n) is 5.93. The maximum Gasteiger partial charge on any atom is 0.124 e. The Morgan fingerprint density at radius 3 is 2.57 bits per heavy atom. The van der Waals surface area contributed by atoms with Crippen LogP contribution < -0.4 is 10.1 Å². The second-order valence-corrected chi connectivity index (χ2v) is 7.73. The standard InChI is InChI=1S/C16H21BrN2OS/c1-16(2,3)13-9-21-15(19-13)14(18-4)11-8-10(17)6-7-12(11)20-5/h6-9,14,18H,1-5H3. The van der Waals surface area contributed by atoms with Crippen LogP contribution in [0.3, 0.4) is 0 Å². The molecule has 0 aliphatic rings. The van der Waals surface area contributed by atoms with Crippen molar-refractivity contribution >= 4 is 27.3 Å². The van der Waals surface area contributed by atoms with E-state index in [4.69, 9.17) is 9.72 Å². The largest absolute Gasteiger partial charge is 0.496 e. The van der Waals surface area contributed by atoms with Crippen molar-refractivity contribution in [3.63, 3.8) is 0 Å². The Kier molecular flexibility index (Phi) is 5.07. The van der Waals surface area contributed by atoms with Crippen molar-refractivity contribution in [2.24, 2.45) is 0 Å². The van der Waals surface area contributed by atoms with Crippen LogP contribution in [0.15, 0.2) is 28.1 Å². The van der Waals surface area contributed by atoms with Crippen LogP contribution in [0.1, 0.15) is 43.1 Å². The van der Waals surface area contributed by atoms with Gasteiger partial charge >= 0.3 is 0 Å². The highest BCUT2D eigenvalue weighted by atomic mass is 79.9. The molecule has 0 saturated carbocycles. The van der Waals surface area contributed by atoms with E-state index in [9.17, 15) is 0 Å². The van der Waals surface area contributed by atoms with Gasteiger partial charge in [0, 0.05) is 20.8 Å². The van der Waals surface area contributed by atoms with Gasteiger partial charge in [0.05, 0.1) is 18.8 Å². The highest BCUT2D eigenvalue weighted by molar-refractivity contribution is 9.10. The van der Waals surface area contributed by atoms with Crippen molar-refractivity contribution in [2.75, 3.05) is 14.2 Å². The molecule has 5 heteroatoms. The molecule has 0 aliphatic heterocycles. The summed E-state index contributed by atoms with van der Waals surface area (Å²) < 4.78 is 6.53. The molecule has 0 fully saturated rings. The van der Waals surface area contributed by atoms with Gasteiger partial charge in [0.15, 0.2) is 0 Å². The summed E-state index contributed by atoms with van der Waals surface area (Å²) in [6.07, 6.45) is 0. The molecule has 1 aromatic heterocycles. The smallest absolute Gasteiger partial charge is 0.124 e. The van der Waals surface area contributed by atoms with Gasteiger partial charge in [-0.05, 0) is 25.2 Å². The van der Waals surface area contributed by atoms with Crippen molar-refractivity contribution in [3.05, 3.63) is 44.3 Å². The molecular weight excluding hydrogens is 348 g/mol. The number of benzene rings is 1. The Bertz CT molecular complexity index is 619. The number of halogens is 1. The zero-order valence-electron chi connectivity index (χ0n) is 13.0. The normalized spacial score (nSPS) is 13.2. The molecule has 1 aromatic carbocycles. The Morgan fingerprint density at radius 2 is 2.05 bits per heavy atom. The molecule has 0 aliphatic carbocycles. The number of hydrogen-bond acceptors (Lipinski definition) is 4. The highest BCUT2D eigenvalue weighted by Gasteiger charge is 2.23. The second kappa shape index (κ2) is 6.46. The molecule has 21 heavy (non-hydrogen) atoms. The van der Waals surface area contributed by atoms with Crippen LogP contribution in [-0.2, 0) is 5.41 Å². The van der Waals surface area contributed by atoms with Crippen LogP contribution in [-0.4, -0.2) is 19.1 Å². The maximum atomic E-state index is 5.49. The first kappa shape index (κ1) is 16.5. The van der Waals surface area contributed by atoms with Gasteiger partial charge in [-0.15, -0.1) is 11.3 Å². The fourth-order valence-corrected chi connectivity index (χ4v) is 3.66. The van der Waals surface area contributed by atoms with Crippen molar-refractivity contribution in [1.29, 1.82) is 0 Å². The van der Waals surface area contributed by atoms with E-state index in [0.29, 0.717) is 0 Å². The predicted octanol–water partition coefficient (Wildman–Crippen LogP) is 4.52. The summed E-state index contributed by atoms with van der Waals surface area (Å²) in [5, 5.41) is 6.55. The monoisotopic (exact) mass is 368 g/mol. The molecule has 1 heterocycles. The number of thiazole rings is 1. The van der Waals surface area contributed by atoms with E-state index in [1.54, 1.807) is 18.4 Å². The molecule has 1 unspecified atom stereocenters. The number of methoxy groups -OCH3 is 1. The van der Waals surface area contributed by atoms with Crippen LogP contribution in [0.5, 0.6) is 5.75 Å². The minimum Gasteiger partial charge on any atom is -0.496 e. The molecule has 2 rings (SSSR count). The molecule has 114 valence electrons. The zero-order valence-corrected chi connectivity index (χ0v) is 15.4. The summed E-state index contributed by atoms with van der Waals surface area (Å²) in [6, 6.07) is 6.07. The molecule has 2 aromatic rings. The average Bonchev–Trinajstić information content (AvgIpc) is 2.89. The Labute approximate surface area is 138 Å². The lowest BCUT2D eigenvalue weighted by Crippen LogP contribution is -2.19. The zero-order chi connectivity index (χ0) is 15.6. The average molecular weight is 369 g/mol. The summed E-state index contributed by atoms with van der Waals surface area (Å²) in [5.74, 6) is 0.866. The molecule has 3 nitrogen and oxygen atoms in total. The molecule has 0 amide bonds. The molecule has 0 spiro atoms. The van der Waals surface area contributed by atoms with Crippen LogP contribution in [0.2, 0.25) is 0 Å². The molecule has 0 radical (unpaired) electrons. The Hall–Kier alpha value is -0.910. The molecule has 0 saturated heterocycles. The summed E-state index contributed by atoms with van der Waals surface area (Å²) in [6.45, 7) is 6.54. The van der Waals surface area contributed by atoms with Gasteiger partial charge < -0.3 is 10.1 Å². The first-order valence-electron chi connectivity index (χ1n) is 6.83. The number of hydrogen-bond donors (Lipinski definition) is 1. The minimum absolute atomic E-state index is 0.0264. The van der Waals surface area contributed by atoms with Crippen molar-refractivity contribution in [3.8, 4) is 5.75 Å². The van der Waals surface area contributed by atoms with E-state index in [0.717, 1.165) is 26.5 Å². The molecule has 1 atom stereocenters. The summed E-state index contributed by atoms with van der Waals surface area (Å²) in [5.41, 5.74) is 2.27. The van der Waals surface area contributed by atoms with Gasteiger partial charge in [-0.2, -0.15) is 0 Å². The third-order valence-electron chi connectivity index (χ3n) is 3.33. The van der Waals surface area contributed by atoms with Gasteiger partial charge in [0.1, 0.15) is 10.8 Å². The fourth-order valence-electron chi connectivity index (χ4n) is 2.11. The van der Waals surface area contributed by atoms with E-state index < -0.39 is 0 Å². The van der Waals surface area contributed by atoms with E-state index in [2.05, 4.69) is 53.5 Å². The molecule has 0 bridgehead atoms. The van der Waals surface area contributed by atoms with Gasteiger partial charge in [-0.25, -0.2) is 4.98 Å². The van der Waals surface area contributed by atoms with Crippen molar-refractivity contribution < 1.29 is 4.74 Å². The van der Waals surface area contributed by atoms with E-state index in [1.165, 1.54) is 0 Å². The van der Waals surface area contributed by atoms with Crippen molar-refractivity contribution in [2.45, 2.75) is 32.2 Å². The Morgan fingerprint density at radius 1 is 1.33 bits per heavy atom. The number of nitrogens with zero attached hydrogens (tertiary/aromatic N) is 1. The summed E-state index contributed by atoms with van der Waals surface area (Å²) >= 11 is 5.22. The lowest BCUT2D eigenvalue weighted by atomic mass is 9.93. The number of aromatic nitrogens is 1. The molecular formula is C16H21BrN2OS. The van der Waals surface area contributed by atoms with Crippen LogP contribution >= 0.6 is 27.3 Å². The van der Waals surface area contributed by atoms with Gasteiger partial charge in [-0.3, -0.25) is 0 Å². The third kappa shape index (κ3) is 3.65. The van der Waals surface area contributed by atoms with Gasteiger partial charge in [-0.1, -0.05) is 36.7 Å². The topological polar surface area (TPSA) is 34.2 Å². The minimum atomic E-state index is 0.0264. The fraction of sp³-hybridized carbons (Fsp3) is 0.438. The van der Waals surface area contributed by atoms with Gasteiger partial charge in [0.25, 0.3) is 0 Å². The van der Waals surface area contributed by atoms with Crippen LogP contribution in [0.25, 0.3) is 0 Å². The number of nitrogens with one attached hydrogen (secondary N) is 1. The highest BCUT2D eigenvalue weighted by Crippen LogP contribution is 2.35. The molecule has 1 N–H and O–H groups in total. The SMILES string of the molecule is CNC(c1nc(C(C)(C)C)cs1)c1cc(Br)ccc1OC. The predicted molar refractivity (Wildman–Crippen MR) is 92.4 cm³/mol. The lowest BCUT2D eigenvalue weighted by molar-refractivity contribution is 0.405. The van der Waals surface area contributed by atoms with E-state index in [-0.39, 0.29) is 11.5 Å². The summed E-state index contributed by atoms with van der Waals surface area (Å²) in [4.78, 5) is 4.82. The van der Waals surface area contributed by atoms with Crippen LogP contribution in [0.4, 0.5) is 0 Å². The van der Waals surface area contributed by atoms with Crippen molar-refractivity contribution in [1.82, 2.24) is 10.3 Å². The first-order valence-corrected chi connectivity index (χ1v) is 8.50. The van der Waals surface area contributed by atoms with Gasteiger partial charge in [0.2, 0.25) is 0 Å². The van der Waals surface area contributed by atoms with E-state index >= 15 is 0 Å². The first-order chi connectivity index (χ1) is 9.86. The quantitative estimate of drug-likeness (QED) is 0.861. The lowest BCUT2D eigenvalue weighted by Gasteiger charge is -2.18. The number of ether oxygens (including phenoxy) is 1. The third-order valence-corrected chi connectivity index (χ3v) is 4.73. The van der Waals surface area contributed by atoms with E-state index in [1.807, 2.05) is 19.2 Å². The van der Waals surface area contributed by atoms with Crippen LogP contribution in [0, 0.1) is 0 Å². The Balaban J connectivity index is 2.45.